The zero-order valence-corrected chi connectivity index (χ0v) is 20.5. The van der Waals surface area contributed by atoms with Gasteiger partial charge in [0.05, 0.1) is 11.8 Å². The van der Waals surface area contributed by atoms with Crippen molar-refractivity contribution < 1.29 is 14.7 Å². The van der Waals surface area contributed by atoms with Crippen LogP contribution in [0.1, 0.15) is 74.1 Å². The molecule has 3 atom stereocenters. The van der Waals surface area contributed by atoms with Crippen LogP contribution in [0.25, 0.3) is 0 Å². The molecule has 2 unspecified atom stereocenters. The summed E-state index contributed by atoms with van der Waals surface area (Å²) in [5.41, 5.74) is 0.471. The Kier molecular flexibility index (Phi) is 6.81. The lowest BCUT2D eigenvalue weighted by molar-refractivity contribution is -0.144. The fraction of sp³-hybridized carbons (Fsp3) is 0.727. The lowest BCUT2D eigenvalue weighted by atomic mass is 9.85. The van der Waals surface area contributed by atoms with E-state index in [0.717, 1.165) is 41.4 Å². The van der Waals surface area contributed by atoms with Gasteiger partial charge in [0, 0.05) is 38.0 Å². The van der Waals surface area contributed by atoms with E-state index < -0.39 is 23.6 Å². The molecule has 33 heavy (non-hydrogen) atoms. The lowest BCUT2D eigenvalue weighted by Crippen LogP contribution is -2.50. The molecule has 0 aromatic carbocycles. The number of rotatable bonds is 8. The van der Waals surface area contributed by atoms with Gasteiger partial charge in [-0.15, -0.1) is 26.6 Å². The molecule has 2 amide bonds. The van der Waals surface area contributed by atoms with Crippen molar-refractivity contribution in [2.45, 2.75) is 83.9 Å². The van der Waals surface area contributed by atoms with E-state index in [1.807, 2.05) is 33.9 Å². The summed E-state index contributed by atoms with van der Waals surface area (Å²) in [4.78, 5) is 28.2. The number of aliphatic hydroxyl groups is 1. The monoisotopic (exact) mass is 475 g/mol. The summed E-state index contributed by atoms with van der Waals surface area (Å²) in [7, 11) is 0. The summed E-state index contributed by atoms with van der Waals surface area (Å²) in [6, 6.07) is -1.31. The third-order valence-corrected chi connectivity index (χ3v) is 7.04. The highest BCUT2D eigenvalue weighted by molar-refractivity contribution is 7.11. The van der Waals surface area contributed by atoms with E-state index >= 15 is 0 Å². The number of aliphatic hydroxyl groups excluding tert-OH is 1. The third kappa shape index (κ3) is 5.57. The normalized spacial score (nSPS) is 21.9. The van der Waals surface area contributed by atoms with Crippen LogP contribution in [-0.2, 0) is 16.0 Å². The Morgan fingerprint density at radius 1 is 1.27 bits per heavy atom. The number of aryl methyl sites for hydroxylation is 2. The van der Waals surface area contributed by atoms with Gasteiger partial charge in [0.2, 0.25) is 11.8 Å². The lowest BCUT2D eigenvalue weighted by Gasteiger charge is -2.34. The van der Waals surface area contributed by atoms with Crippen LogP contribution in [0.15, 0.2) is 6.20 Å². The molecule has 2 aliphatic rings. The zero-order chi connectivity index (χ0) is 23.8. The van der Waals surface area contributed by atoms with E-state index in [1.165, 1.54) is 4.90 Å². The molecule has 0 bridgehead atoms. The van der Waals surface area contributed by atoms with E-state index in [2.05, 4.69) is 25.8 Å². The van der Waals surface area contributed by atoms with E-state index in [0.29, 0.717) is 12.5 Å². The first-order valence-electron chi connectivity index (χ1n) is 11.6. The van der Waals surface area contributed by atoms with Gasteiger partial charge in [-0.3, -0.25) is 9.59 Å². The Balaban J connectivity index is 1.41. The van der Waals surface area contributed by atoms with E-state index in [4.69, 9.17) is 0 Å². The largest absolute Gasteiger partial charge is 0.391 e. The summed E-state index contributed by atoms with van der Waals surface area (Å²) in [5, 5.41) is 31.7. The molecular formula is C22H33N7O3S. The van der Waals surface area contributed by atoms with Gasteiger partial charge < -0.3 is 15.3 Å². The van der Waals surface area contributed by atoms with Crippen LogP contribution in [0.4, 0.5) is 0 Å². The molecule has 1 aliphatic carbocycles. The third-order valence-electron chi connectivity index (χ3n) is 6.14. The molecule has 2 N–H and O–H groups in total. The van der Waals surface area contributed by atoms with Gasteiger partial charge in [0.25, 0.3) is 0 Å². The minimum atomic E-state index is -0.729. The second-order valence-electron chi connectivity index (χ2n) is 10.2. The Morgan fingerprint density at radius 2 is 2.03 bits per heavy atom. The first-order valence-corrected chi connectivity index (χ1v) is 12.4. The van der Waals surface area contributed by atoms with Crippen molar-refractivity contribution in [2.24, 2.45) is 5.41 Å². The van der Waals surface area contributed by atoms with Crippen LogP contribution in [0.2, 0.25) is 0 Å². The number of β-amino-alcohol motifs (C(OH)–C–C–N with tert-alkyl or cyclic N) is 1. The van der Waals surface area contributed by atoms with Crippen LogP contribution in [0.3, 0.4) is 0 Å². The summed E-state index contributed by atoms with van der Waals surface area (Å²) < 4.78 is 1.64. The topological polar surface area (TPSA) is 126 Å². The molecule has 2 fully saturated rings. The SMILES string of the molecule is Cc1nnc(CCCNC(=O)C2CC(O)CN2C(=O)[C@@H](n2cc(C3CC3)nn2)C(C)(C)C)s1. The number of nitrogens with zero attached hydrogens (tertiary/aromatic N) is 6. The van der Waals surface area contributed by atoms with Crippen LogP contribution < -0.4 is 5.32 Å². The Labute approximate surface area is 197 Å². The predicted octanol–water partition coefficient (Wildman–Crippen LogP) is 1.61. The molecule has 10 nitrogen and oxygen atoms in total. The van der Waals surface area contributed by atoms with Crippen LogP contribution in [-0.4, -0.2) is 72.2 Å². The first kappa shape index (κ1) is 23.7. The number of hydrogen-bond donors (Lipinski definition) is 2. The van der Waals surface area contributed by atoms with Gasteiger partial charge in [-0.1, -0.05) is 26.0 Å². The molecule has 2 aromatic rings. The van der Waals surface area contributed by atoms with Gasteiger partial charge in [0.1, 0.15) is 22.1 Å². The Hall–Kier alpha value is -2.40. The summed E-state index contributed by atoms with van der Waals surface area (Å²) in [6.45, 7) is 8.46. The smallest absolute Gasteiger partial charge is 0.248 e. The Bertz CT molecular complexity index is 994. The number of aromatic nitrogens is 5. The Morgan fingerprint density at radius 3 is 2.67 bits per heavy atom. The molecule has 0 radical (unpaired) electrons. The number of likely N-dealkylation sites (tertiary alicyclic amines) is 1. The molecule has 1 aliphatic heterocycles. The molecule has 2 aromatic heterocycles. The number of amides is 2. The number of nitrogens with one attached hydrogen (secondary N) is 1. The van der Waals surface area contributed by atoms with Crippen molar-refractivity contribution in [2.75, 3.05) is 13.1 Å². The van der Waals surface area contributed by atoms with Crippen molar-refractivity contribution in [3.8, 4) is 0 Å². The number of carbonyl (C=O) groups is 2. The van der Waals surface area contributed by atoms with Crippen LogP contribution >= 0.6 is 11.3 Å². The van der Waals surface area contributed by atoms with E-state index in [9.17, 15) is 14.7 Å². The molecule has 11 heteroatoms. The summed E-state index contributed by atoms with van der Waals surface area (Å²) in [5.74, 6) is -0.0141. The van der Waals surface area contributed by atoms with Crippen molar-refractivity contribution in [3.05, 3.63) is 21.9 Å². The highest BCUT2D eigenvalue weighted by Crippen LogP contribution is 2.40. The molecule has 3 heterocycles. The van der Waals surface area contributed by atoms with Crippen molar-refractivity contribution in [1.29, 1.82) is 0 Å². The fourth-order valence-electron chi connectivity index (χ4n) is 4.33. The quantitative estimate of drug-likeness (QED) is 0.556. The molecule has 4 rings (SSSR count). The van der Waals surface area contributed by atoms with Gasteiger partial charge in [-0.2, -0.15) is 0 Å². The number of hydrogen-bond acceptors (Lipinski definition) is 8. The van der Waals surface area contributed by atoms with E-state index in [1.54, 1.807) is 16.0 Å². The van der Waals surface area contributed by atoms with Gasteiger partial charge in [0.15, 0.2) is 0 Å². The van der Waals surface area contributed by atoms with E-state index in [-0.39, 0.29) is 24.8 Å². The van der Waals surface area contributed by atoms with Crippen LogP contribution in [0.5, 0.6) is 0 Å². The summed E-state index contributed by atoms with van der Waals surface area (Å²) in [6.07, 6.45) is 5.04. The van der Waals surface area contributed by atoms with Gasteiger partial charge >= 0.3 is 0 Å². The second kappa shape index (κ2) is 9.46. The highest BCUT2D eigenvalue weighted by atomic mass is 32.1. The first-order chi connectivity index (χ1) is 15.6. The average Bonchev–Trinajstić information content (AvgIpc) is 3.13. The van der Waals surface area contributed by atoms with Crippen molar-refractivity contribution >= 4 is 23.2 Å². The number of carbonyl (C=O) groups excluding carboxylic acids is 2. The molecule has 1 saturated carbocycles. The van der Waals surface area contributed by atoms with Gasteiger partial charge in [-0.05, 0) is 31.6 Å². The van der Waals surface area contributed by atoms with Crippen LogP contribution in [0, 0.1) is 12.3 Å². The highest BCUT2D eigenvalue weighted by Gasteiger charge is 2.45. The minimum absolute atomic E-state index is 0.137. The average molecular weight is 476 g/mol. The molecular weight excluding hydrogens is 442 g/mol. The molecule has 180 valence electrons. The predicted molar refractivity (Wildman–Crippen MR) is 123 cm³/mol. The van der Waals surface area contributed by atoms with Crippen molar-refractivity contribution in [1.82, 2.24) is 35.4 Å². The molecule has 0 spiro atoms. The second-order valence-corrected chi connectivity index (χ2v) is 11.4. The van der Waals surface area contributed by atoms with Gasteiger partial charge in [-0.25, -0.2) is 4.68 Å². The standard InChI is InChI=1S/C22H33N7O3S/c1-13-24-26-18(33-13)6-5-9-23-20(31)17-10-15(30)11-28(17)21(32)19(22(2,3)4)29-12-16(25-27-29)14-7-8-14/h12,14-15,17,19,30H,5-11H2,1-4H3,(H,23,31)/t15?,17?,19-/m1/s1. The maximum absolute atomic E-state index is 13.7. The maximum Gasteiger partial charge on any atom is 0.248 e. The molecule has 1 saturated heterocycles. The van der Waals surface area contributed by atoms with Crippen molar-refractivity contribution in [3.63, 3.8) is 0 Å². The maximum atomic E-state index is 13.7. The minimum Gasteiger partial charge on any atom is -0.391 e. The summed E-state index contributed by atoms with van der Waals surface area (Å²) >= 11 is 1.55. The zero-order valence-electron chi connectivity index (χ0n) is 19.7. The fourth-order valence-corrected chi connectivity index (χ4v) is 5.08.